The van der Waals surface area contributed by atoms with Crippen molar-refractivity contribution in [2.45, 2.75) is 38.6 Å². The molecule has 2 aromatic rings. The van der Waals surface area contributed by atoms with Crippen LogP contribution in [0.2, 0.25) is 5.02 Å². The van der Waals surface area contributed by atoms with E-state index in [0.29, 0.717) is 27.1 Å². The number of rotatable bonds is 4. The number of hydrogen-bond acceptors (Lipinski definition) is 5. The van der Waals surface area contributed by atoms with Crippen molar-refractivity contribution in [1.82, 2.24) is 10.2 Å². The maximum atomic E-state index is 13.0. The first-order valence-electron chi connectivity index (χ1n) is 9.97. The third kappa shape index (κ3) is 3.80. The first-order valence-corrected chi connectivity index (χ1v) is 11.2. The monoisotopic (exact) mass is 456 g/mol. The van der Waals surface area contributed by atoms with E-state index in [-0.39, 0.29) is 0 Å². The van der Waals surface area contributed by atoms with Crippen LogP contribution in [0.3, 0.4) is 0 Å². The highest BCUT2D eigenvalue weighted by Crippen LogP contribution is 2.39. The molecule has 31 heavy (non-hydrogen) atoms. The number of imide groups is 1. The van der Waals surface area contributed by atoms with Crippen molar-refractivity contribution in [3.63, 3.8) is 0 Å². The summed E-state index contributed by atoms with van der Waals surface area (Å²) in [5.74, 6) is -0.500. The highest BCUT2D eigenvalue weighted by Gasteiger charge is 2.49. The summed E-state index contributed by atoms with van der Waals surface area (Å²) in [6.07, 6.45) is 2.72. The van der Waals surface area contributed by atoms with Crippen LogP contribution < -0.4 is 10.6 Å². The molecule has 0 radical (unpaired) electrons. The summed E-state index contributed by atoms with van der Waals surface area (Å²) < 4.78 is 0. The number of anilines is 1. The molecule has 2 atom stereocenters. The van der Waals surface area contributed by atoms with Crippen LogP contribution in [0.15, 0.2) is 24.3 Å². The van der Waals surface area contributed by atoms with Gasteiger partial charge in [-0.3, -0.25) is 14.5 Å². The zero-order valence-electron chi connectivity index (χ0n) is 17.1. The van der Waals surface area contributed by atoms with E-state index in [0.717, 1.165) is 34.6 Å². The fraction of sp³-hybridized carbons (Fsp3) is 0.364. The Morgan fingerprint density at radius 3 is 2.77 bits per heavy atom. The smallest absolute Gasteiger partial charge is 0.319 e. The van der Waals surface area contributed by atoms with Crippen molar-refractivity contribution in [3.05, 3.63) is 50.9 Å². The topological polar surface area (TPSA) is 102 Å². The molecule has 1 aromatic carbocycles. The molecular formula is C22H21ClN4O3S. The largest absolute Gasteiger partial charge is 0.325 e. The molecule has 0 bridgehead atoms. The van der Waals surface area contributed by atoms with Gasteiger partial charge in [-0.15, -0.1) is 11.3 Å². The number of carbonyl (C=O) groups excluding carboxylic acids is 3. The lowest BCUT2D eigenvalue weighted by Gasteiger charge is -2.22. The van der Waals surface area contributed by atoms with E-state index in [1.54, 1.807) is 31.2 Å². The van der Waals surface area contributed by atoms with Crippen LogP contribution in [0.5, 0.6) is 0 Å². The van der Waals surface area contributed by atoms with Crippen LogP contribution in [0.1, 0.15) is 41.8 Å². The Hall–Kier alpha value is -2.89. The number of urea groups is 1. The summed E-state index contributed by atoms with van der Waals surface area (Å²) in [5, 5.41) is 16.0. The molecular weight excluding hydrogens is 436 g/mol. The number of hydrogen-bond donors (Lipinski definition) is 2. The van der Waals surface area contributed by atoms with E-state index in [2.05, 4.69) is 23.6 Å². The third-order valence-electron chi connectivity index (χ3n) is 5.87. The first-order chi connectivity index (χ1) is 14.7. The predicted octanol–water partition coefficient (Wildman–Crippen LogP) is 3.80. The van der Waals surface area contributed by atoms with Gasteiger partial charge in [0, 0.05) is 9.90 Å². The van der Waals surface area contributed by atoms with Gasteiger partial charge in [0.2, 0.25) is 5.91 Å². The number of nitrogens with zero attached hydrogens (tertiary/aromatic N) is 2. The van der Waals surface area contributed by atoms with Gasteiger partial charge in [-0.2, -0.15) is 5.26 Å². The molecule has 2 aliphatic rings. The molecule has 1 aliphatic carbocycles. The van der Waals surface area contributed by atoms with Crippen LogP contribution in [-0.4, -0.2) is 29.3 Å². The summed E-state index contributed by atoms with van der Waals surface area (Å²) in [6, 6.07) is 8.17. The number of nitrogens with one attached hydrogen (secondary N) is 2. The quantitative estimate of drug-likeness (QED) is 0.683. The lowest BCUT2D eigenvalue weighted by atomic mass is 9.89. The maximum Gasteiger partial charge on any atom is 0.325 e. The molecule has 1 fully saturated rings. The minimum Gasteiger partial charge on any atom is -0.319 e. The Bertz CT molecular complexity index is 1120. The molecule has 2 unspecified atom stereocenters. The van der Waals surface area contributed by atoms with E-state index in [1.165, 1.54) is 11.3 Å². The van der Waals surface area contributed by atoms with Crippen molar-refractivity contribution in [1.29, 1.82) is 5.26 Å². The minimum absolute atomic E-state index is 0.433. The first kappa shape index (κ1) is 21.3. The molecule has 0 saturated carbocycles. The zero-order chi connectivity index (χ0) is 22.3. The van der Waals surface area contributed by atoms with Gasteiger partial charge < -0.3 is 10.6 Å². The Balaban J connectivity index is 1.51. The summed E-state index contributed by atoms with van der Waals surface area (Å²) in [7, 11) is 0. The van der Waals surface area contributed by atoms with Gasteiger partial charge in [-0.1, -0.05) is 30.7 Å². The van der Waals surface area contributed by atoms with Crippen molar-refractivity contribution in [2.75, 3.05) is 11.9 Å². The van der Waals surface area contributed by atoms with Crippen LogP contribution in [0.25, 0.3) is 0 Å². The van der Waals surface area contributed by atoms with E-state index in [9.17, 15) is 19.6 Å². The molecule has 4 amide bonds. The van der Waals surface area contributed by atoms with Gasteiger partial charge in [0.15, 0.2) is 0 Å². The van der Waals surface area contributed by atoms with E-state index in [1.807, 2.05) is 0 Å². The van der Waals surface area contributed by atoms with Gasteiger partial charge in [-0.05, 0) is 55.4 Å². The second-order valence-electron chi connectivity index (χ2n) is 8.17. The standard InChI is InChI=1S/C22H21ClN4O3S/c1-12-3-8-15-16(10-24)19(31-17(15)9-12)25-18(28)11-27-20(29)22(2,26-21(27)30)13-4-6-14(23)7-5-13/h4-7,12H,3,8-9,11H2,1-2H3,(H,25,28)(H,26,30). The molecule has 160 valence electrons. The molecule has 4 rings (SSSR count). The number of amides is 4. The predicted molar refractivity (Wildman–Crippen MR) is 118 cm³/mol. The summed E-state index contributed by atoms with van der Waals surface area (Å²) in [4.78, 5) is 40.2. The molecule has 1 aliphatic heterocycles. The average Bonchev–Trinajstić information content (AvgIpc) is 3.17. The maximum absolute atomic E-state index is 13.0. The van der Waals surface area contributed by atoms with Gasteiger partial charge in [-0.25, -0.2) is 4.79 Å². The summed E-state index contributed by atoms with van der Waals surface area (Å²) >= 11 is 7.32. The number of benzene rings is 1. The van der Waals surface area contributed by atoms with E-state index >= 15 is 0 Å². The number of thiophene rings is 1. The van der Waals surface area contributed by atoms with E-state index in [4.69, 9.17) is 11.6 Å². The SMILES string of the molecule is CC1CCc2c(sc(NC(=O)CN3C(=O)NC(C)(c4ccc(Cl)cc4)C3=O)c2C#N)C1. The molecule has 2 N–H and O–H groups in total. The lowest BCUT2D eigenvalue weighted by Crippen LogP contribution is -2.42. The van der Waals surface area contributed by atoms with Gasteiger partial charge in [0.1, 0.15) is 23.2 Å². The fourth-order valence-corrected chi connectivity index (χ4v) is 5.59. The molecule has 7 nitrogen and oxygen atoms in total. The van der Waals surface area contributed by atoms with E-state index < -0.39 is 29.9 Å². The number of nitriles is 1. The minimum atomic E-state index is -1.28. The normalized spacial score (nSPS) is 22.6. The number of fused-ring (bicyclic) bond motifs is 1. The van der Waals surface area contributed by atoms with Crippen molar-refractivity contribution in [2.24, 2.45) is 5.92 Å². The van der Waals surface area contributed by atoms with Crippen LogP contribution >= 0.6 is 22.9 Å². The fourth-order valence-electron chi connectivity index (χ4n) is 4.09. The van der Waals surface area contributed by atoms with Crippen molar-refractivity contribution < 1.29 is 14.4 Å². The molecule has 1 aromatic heterocycles. The summed E-state index contributed by atoms with van der Waals surface area (Å²) in [5.41, 5.74) is 0.789. The third-order valence-corrected chi connectivity index (χ3v) is 7.30. The highest BCUT2D eigenvalue weighted by molar-refractivity contribution is 7.16. The Labute approximate surface area is 189 Å². The Morgan fingerprint density at radius 1 is 1.39 bits per heavy atom. The lowest BCUT2D eigenvalue weighted by molar-refractivity contribution is -0.133. The van der Waals surface area contributed by atoms with Crippen LogP contribution in [0, 0.1) is 17.2 Å². The average molecular weight is 457 g/mol. The van der Waals surface area contributed by atoms with Gasteiger partial charge in [0.25, 0.3) is 5.91 Å². The molecule has 2 heterocycles. The second kappa shape index (κ2) is 7.98. The zero-order valence-corrected chi connectivity index (χ0v) is 18.7. The Morgan fingerprint density at radius 2 is 2.10 bits per heavy atom. The van der Waals surface area contributed by atoms with Gasteiger partial charge in [0.05, 0.1) is 5.56 Å². The molecule has 1 saturated heterocycles. The Kier molecular flexibility index (Phi) is 5.50. The molecule has 9 heteroatoms. The highest BCUT2D eigenvalue weighted by atomic mass is 35.5. The van der Waals surface area contributed by atoms with Crippen LogP contribution in [0.4, 0.5) is 9.80 Å². The number of carbonyl (C=O) groups is 3. The van der Waals surface area contributed by atoms with Crippen molar-refractivity contribution in [3.8, 4) is 6.07 Å². The second-order valence-corrected chi connectivity index (χ2v) is 9.71. The van der Waals surface area contributed by atoms with Gasteiger partial charge >= 0.3 is 6.03 Å². The van der Waals surface area contributed by atoms with Crippen molar-refractivity contribution >= 4 is 45.8 Å². The van der Waals surface area contributed by atoms with Crippen LogP contribution in [-0.2, 0) is 28.0 Å². The summed E-state index contributed by atoms with van der Waals surface area (Å²) in [6.45, 7) is 3.33. The number of halogens is 1. The molecule has 0 spiro atoms.